The SMILES string of the molecule is COC12C3=CC(Cl)(C=C1CCCCC3)CC2C#N. The summed E-state index contributed by atoms with van der Waals surface area (Å²) in [6.07, 6.45) is 10.6. The minimum atomic E-state index is -0.466. The molecular weight excluding hydrogens is 246 g/mol. The number of allylic oxidation sites excluding steroid dienone is 2. The second-order valence-corrected chi connectivity index (χ2v) is 6.36. The number of rotatable bonds is 1. The van der Waals surface area contributed by atoms with Gasteiger partial charge in [-0.25, -0.2) is 0 Å². The predicted molar refractivity (Wildman–Crippen MR) is 71.3 cm³/mol. The largest absolute Gasteiger partial charge is 0.368 e. The molecule has 0 saturated heterocycles. The Morgan fingerprint density at radius 2 is 1.89 bits per heavy atom. The monoisotopic (exact) mass is 263 g/mol. The Morgan fingerprint density at radius 1 is 1.28 bits per heavy atom. The van der Waals surface area contributed by atoms with Gasteiger partial charge in [-0.15, -0.1) is 11.6 Å². The molecule has 18 heavy (non-hydrogen) atoms. The topological polar surface area (TPSA) is 33.0 Å². The van der Waals surface area contributed by atoms with Gasteiger partial charge in [0, 0.05) is 7.11 Å². The molecular formula is C15H18ClNO. The zero-order valence-electron chi connectivity index (χ0n) is 10.7. The smallest absolute Gasteiger partial charge is 0.126 e. The molecule has 4 rings (SSSR count). The van der Waals surface area contributed by atoms with E-state index < -0.39 is 10.5 Å². The fraction of sp³-hybridized carbons (Fsp3) is 0.667. The van der Waals surface area contributed by atoms with Gasteiger partial charge >= 0.3 is 0 Å². The number of nitrogens with zero attached hydrogens (tertiary/aromatic N) is 1. The first-order valence-corrected chi connectivity index (χ1v) is 7.10. The first kappa shape index (κ1) is 12.3. The lowest BCUT2D eigenvalue weighted by atomic mass is 9.59. The molecule has 4 bridgehead atoms. The van der Waals surface area contributed by atoms with Gasteiger partial charge in [0.1, 0.15) is 5.60 Å². The van der Waals surface area contributed by atoms with Crippen LogP contribution in [0.4, 0.5) is 0 Å². The van der Waals surface area contributed by atoms with Gasteiger partial charge in [0.25, 0.3) is 0 Å². The summed E-state index contributed by atoms with van der Waals surface area (Å²) >= 11 is 6.66. The molecule has 1 saturated carbocycles. The standard InChI is InChI=1S/C15H18ClNO/c1-18-15-11-5-3-2-4-6-12(15)8-14(16,7-11)9-13(15)10-17/h7-8,13H,2-6,9H2,1H3. The average Bonchev–Trinajstić information content (AvgIpc) is 2.35. The summed E-state index contributed by atoms with van der Waals surface area (Å²) < 4.78 is 5.90. The van der Waals surface area contributed by atoms with E-state index in [9.17, 15) is 5.26 Å². The molecule has 0 spiro atoms. The maximum Gasteiger partial charge on any atom is 0.126 e. The van der Waals surface area contributed by atoms with Crippen molar-refractivity contribution in [1.82, 2.24) is 0 Å². The van der Waals surface area contributed by atoms with Crippen LogP contribution in [0.3, 0.4) is 0 Å². The third-order valence-electron chi connectivity index (χ3n) is 4.66. The maximum atomic E-state index is 9.50. The van der Waals surface area contributed by atoms with Crippen LogP contribution in [0.25, 0.3) is 0 Å². The van der Waals surface area contributed by atoms with Gasteiger partial charge in [0.05, 0.1) is 16.9 Å². The van der Waals surface area contributed by atoms with Crippen LogP contribution in [0.5, 0.6) is 0 Å². The number of methoxy groups -OCH3 is 1. The van der Waals surface area contributed by atoms with Crippen molar-refractivity contribution < 1.29 is 4.74 Å². The zero-order chi connectivity index (χ0) is 12.8. The number of halogens is 1. The van der Waals surface area contributed by atoms with E-state index >= 15 is 0 Å². The van der Waals surface area contributed by atoms with Gasteiger partial charge in [0.2, 0.25) is 0 Å². The van der Waals surface area contributed by atoms with E-state index in [1.54, 1.807) is 7.11 Å². The summed E-state index contributed by atoms with van der Waals surface area (Å²) in [6, 6.07) is 2.44. The molecule has 0 N–H and O–H groups in total. The Kier molecular flexibility index (Phi) is 2.80. The number of hydrogen-bond acceptors (Lipinski definition) is 2. The van der Waals surface area contributed by atoms with E-state index in [0.717, 1.165) is 12.8 Å². The molecule has 0 aromatic carbocycles. The second kappa shape index (κ2) is 4.11. The Bertz CT molecular complexity index is 447. The summed E-state index contributed by atoms with van der Waals surface area (Å²) in [4.78, 5) is -0.442. The third-order valence-corrected chi connectivity index (χ3v) is 5.03. The van der Waals surface area contributed by atoms with Crippen LogP contribution >= 0.6 is 11.6 Å². The highest BCUT2D eigenvalue weighted by molar-refractivity contribution is 6.27. The molecule has 2 nitrogen and oxygen atoms in total. The highest BCUT2D eigenvalue weighted by Crippen LogP contribution is 2.56. The fourth-order valence-corrected chi connectivity index (χ4v) is 4.35. The number of nitriles is 1. The van der Waals surface area contributed by atoms with Gasteiger partial charge in [-0.3, -0.25) is 0 Å². The van der Waals surface area contributed by atoms with E-state index in [-0.39, 0.29) is 5.92 Å². The van der Waals surface area contributed by atoms with Gasteiger partial charge in [0.15, 0.2) is 0 Å². The van der Waals surface area contributed by atoms with E-state index in [0.29, 0.717) is 6.42 Å². The third kappa shape index (κ3) is 1.51. The molecule has 0 radical (unpaired) electrons. The Balaban J connectivity index is 2.17. The molecule has 4 aliphatic rings. The lowest BCUT2D eigenvalue weighted by Gasteiger charge is -2.52. The van der Waals surface area contributed by atoms with Crippen molar-refractivity contribution in [3.05, 3.63) is 23.3 Å². The van der Waals surface area contributed by atoms with Crippen molar-refractivity contribution in [2.45, 2.75) is 49.0 Å². The summed E-state index contributed by atoms with van der Waals surface area (Å²) in [6.45, 7) is 0. The molecule has 0 aromatic heterocycles. The van der Waals surface area contributed by atoms with Crippen LogP contribution in [0.2, 0.25) is 0 Å². The van der Waals surface area contributed by atoms with Crippen LogP contribution in [-0.4, -0.2) is 17.6 Å². The van der Waals surface area contributed by atoms with Gasteiger partial charge in [-0.1, -0.05) is 18.6 Å². The minimum Gasteiger partial charge on any atom is -0.368 e. The lowest BCUT2D eigenvalue weighted by molar-refractivity contribution is -0.00269. The number of ether oxygens (including phenoxy) is 1. The van der Waals surface area contributed by atoms with Crippen LogP contribution in [0, 0.1) is 17.2 Å². The first-order valence-electron chi connectivity index (χ1n) is 6.73. The van der Waals surface area contributed by atoms with Crippen molar-refractivity contribution in [1.29, 1.82) is 5.26 Å². The number of hydrogen-bond donors (Lipinski definition) is 0. The summed E-state index contributed by atoms with van der Waals surface area (Å²) in [5.74, 6) is -0.141. The van der Waals surface area contributed by atoms with Gasteiger partial charge < -0.3 is 4.74 Å². The lowest BCUT2D eigenvalue weighted by Crippen LogP contribution is -2.54. The summed E-state index contributed by atoms with van der Waals surface area (Å²) in [5, 5.41) is 9.50. The molecule has 1 fully saturated rings. The number of fused-ring (bicyclic) bond motifs is 1. The molecule has 0 heterocycles. The van der Waals surface area contributed by atoms with Crippen LogP contribution in [0.1, 0.15) is 38.5 Å². The van der Waals surface area contributed by atoms with Gasteiger partial charge in [-0.2, -0.15) is 5.26 Å². The van der Waals surface area contributed by atoms with Crippen LogP contribution in [0.15, 0.2) is 23.3 Å². The summed E-state index contributed by atoms with van der Waals surface area (Å²) in [5.41, 5.74) is 2.02. The Morgan fingerprint density at radius 3 is 2.39 bits per heavy atom. The number of alkyl halides is 1. The molecule has 0 amide bonds. The maximum absolute atomic E-state index is 9.50. The highest BCUT2D eigenvalue weighted by Gasteiger charge is 2.56. The van der Waals surface area contributed by atoms with E-state index in [4.69, 9.17) is 16.3 Å². The van der Waals surface area contributed by atoms with E-state index in [2.05, 4.69) is 18.2 Å². The second-order valence-electron chi connectivity index (χ2n) is 5.65. The first-order chi connectivity index (χ1) is 8.64. The van der Waals surface area contributed by atoms with Crippen molar-refractivity contribution in [3.63, 3.8) is 0 Å². The molecule has 0 aliphatic heterocycles. The highest BCUT2D eigenvalue weighted by atomic mass is 35.5. The van der Waals surface area contributed by atoms with E-state index in [1.807, 2.05) is 0 Å². The average molecular weight is 264 g/mol. The van der Waals surface area contributed by atoms with Crippen molar-refractivity contribution in [3.8, 4) is 6.07 Å². The van der Waals surface area contributed by atoms with Crippen molar-refractivity contribution in [2.75, 3.05) is 7.11 Å². The van der Waals surface area contributed by atoms with Crippen molar-refractivity contribution >= 4 is 11.6 Å². The van der Waals surface area contributed by atoms with Gasteiger partial charge in [-0.05, 0) is 43.3 Å². The predicted octanol–water partition coefficient (Wildman–Crippen LogP) is 3.72. The van der Waals surface area contributed by atoms with Crippen LogP contribution < -0.4 is 0 Å². The molecule has 1 atom stereocenters. The molecule has 0 aromatic rings. The molecule has 3 heteroatoms. The van der Waals surface area contributed by atoms with Crippen LogP contribution in [-0.2, 0) is 4.74 Å². The summed E-state index contributed by atoms with van der Waals surface area (Å²) in [7, 11) is 1.74. The minimum absolute atomic E-state index is 0.141. The molecule has 96 valence electrons. The molecule has 4 aliphatic carbocycles. The molecule has 1 unspecified atom stereocenters. The zero-order valence-corrected chi connectivity index (χ0v) is 11.5. The van der Waals surface area contributed by atoms with Crippen molar-refractivity contribution in [2.24, 2.45) is 5.92 Å². The Labute approximate surface area is 113 Å². The Hall–Kier alpha value is -0.780. The quantitative estimate of drug-likeness (QED) is 0.534. The normalized spacial score (nSPS) is 42.4. The fourth-order valence-electron chi connectivity index (χ4n) is 3.93. The van der Waals surface area contributed by atoms with E-state index in [1.165, 1.54) is 30.4 Å².